The summed E-state index contributed by atoms with van der Waals surface area (Å²) >= 11 is 1.28. The highest BCUT2D eigenvalue weighted by Gasteiger charge is 2.19. The fourth-order valence-corrected chi connectivity index (χ4v) is 4.26. The molecule has 27 heavy (non-hydrogen) atoms. The number of rotatable bonds is 8. The number of nitrogens with two attached hydrogens (primary N) is 1. The molecule has 0 aliphatic rings. The van der Waals surface area contributed by atoms with Crippen LogP contribution < -0.4 is 16.4 Å². The van der Waals surface area contributed by atoms with Crippen molar-refractivity contribution in [1.82, 2.24) is 19.1 Å². The van der Waals surface area contributed by atoms with E-state index in [0.29, 0.717) is 41.6 Å². The molecular weight excluding hydrogens is 390 g/mol. The maximum Gasteiger partial charge on any atom is 0.332 e. The average molecular weight is 416 g/mol. The highest BCUT2D eigenvalue weighted by atomic mass is 32.2. The van der Waals surface area contributed by atoms with Gasteiger partial charge in [-0.15, -0.1) is 11.8 Å². The van der Waals surface area contributed by atoms with E-state index in [9.17, 15) is 18.0 Å². The van der Waals surface area contributed by atoms with Gasteiger partial charge in [-0.2, -0.15) is 0 Å². The van der Waals surface area contributed by atoms with Crippen LogP contribution >= 0.6 is 11.8 Å². The third kappa shape index (κ3) is 4.96. The number of aryl methyl sites for hydroxylation is 1. The molecule has 0 saturated heterocycles. The van der Waals surface area contributed by atoms with Crippen LogP contribution in [-0.2, 0) is 23.6 Å². The van der Waals surface area contributed by atoms with Crippen molar-refractivity contribution in [2.24, 2.45) is 12.2 Å². The van der Waals surface area contributed by atoms with Crippen LogP contribution in [-0.4, -0.2) is 39.0 Å². The zero-order chi connectivity index (χ0) is 20.4. The monoisotopic (exact) mass is 415 g/mol. The molecule has 0 atom stereocenters. The normalized spacial score (nSPS) is 12.2. The Kier molecular flexibility index (Phi) is 6.82. The van der Waals surface area contributed by atoms with Gasteiger partial charge in [0.25, 0.3) is 5.56 Å². The van der Waals surface area contributed by atoms with E-state index >= 15 is 0 Å². The number of fused-ring (bicyclic) bond motifs is 1. The molecular formula is C16H25N5O4S2. The first kappa shape index (κ1) is 21.6. The largest absolute Gasteiger partial charge is 0.332 e. The van der Waals surface area contributed by atoms with Crippen LogP contribution in [0, 0.1) is 0 Å². The van der Waals surface area contributed by atoms with E-state index in [1.54, 1.807) is 0 Å². The van der Waals surface area contributed by atoms with Gasteiger partial charge in [0.1, 0.15) is 16.2 Å². The number of sulfonamides is 1. The summed E-state index contributed by atoms with van der Waals surface area (Å²) in [6.45, 7) is 6.24. The molecule has 0 spiro atoms. The highest BCUT2D eigenvalue weighted by molar-refractivity contribution is 7.99. The molecule has 150 valence electrons. The molecule has 0 amide bonds. The lowest BCUT2D eigenvalue weighted by molar-refractivity contribution is 0.596. The maximum atomic E-state index is 12.7. The molecule has 11 heteroatoms. The fourth-order valence-electron chi connectivity index (χ4n) is 2.57. The summed E-state index contributed by atoms with van der Waals surface area (Å²) in [6, 6.07) is 0. The summed E-state index contributed by atoms with van der Waals surface area (Å²) in [5, 5.41) is 5.78. The summed E-state index contributed by atoms with van der Waals surface area (Å²) in [5.74, 6) is 0.829. The van der Waals surface area contributed by atoms with Gasteiger partial charge in [-0.1, -0.05) is 20.8 Å². The van der Waals surface area contributed by atoms with Gasteiger partial charge >= 0.3 is 5.69 Å². The van der Waals surface area contributed by atoms with E-state index in [-0.39, 0.29) is 17.1 Å². The Bertz CT molecular complexity index is 1060. The molecule has 2 rings (SSSR count). The topological polar surface area (TPSA) is 130 Å². The maximum absolute atomic E-state index is 12.7. The Morgan fingerprint density at radius 1 is 1.22 bits per heavy atom. The van der Waals surface area contributed by atoms with Gasteiger partial charge in [0.2, 0.25) is 10.0 Å². The van der Waals surface area contributed by atoms with Gasteiger partial charge in [-0.3, -0.25) is 13.9 Å². The van der Waals surface area contributed by atoms with E-state index in [1.807, 2.05) is 20.8 Å². The van der Waals surface area contributed by atoms with E-state index in [1.165, 1.54) is 23.4 Å². The lowest BCUT2D eigenvalue weighted by Gasteiger charge is -2.15. The molecule has 0 saturated carbocycles. The van der Waals surface area contributed by atoms with Crippen LogP contribution in [0.4, 0.5) is 0 Å². The minimum absolute atomic E-state index is 0.00686. The summed E-state index contributed by atoms with van der Waals surface area (Å²) in [4.78, 5) is 34.3. The zero-order valence-electron chi connectivity index (χ0n) is 15.9. The van der Waals surface area contributed by atoms with Crippen molar-refractivity contribution in [1.29, 1.82) is 0 Å². The lowest BCUT2D eigenvalue weighted by atomic mass is 10.2. The molecule has 2 heterocycles. The Balaban J connectivity index is 2.63. The molecule has 9 nitrogen and oxygen atoms in total. The molecule has 0 radical (unpaired) electrons. The number of primary sulfonamides is 1. The molecule has 2 aromatic heterocycles. The molecule has 2 aromatic rings. The third-order valence-electron chi connectivity index (χ3n) is 3.94. The van der Waals surface area contributed by atoms with Crippen LogP contribution in [0.2, 0.25) is 0 Å². The first-order valence-corrected chi connectivity index (χ1v) is 11.4. The van der Waals surface area contributed by atoms with Gasteiger partial charge in [0.15, 0.2) is 5.65 Å². The number of nitrogens with zero attached hydrogens (tertiary/aromatic N) is 4. The second-order valence-electron chi connectivity index (χ2n) is 6.61. The van der Waals surface area contributed by atoms with Crippen molar-refractivity contribution in [3.63, 3.8) is 0 Å². The van der Waals surface area contributed by atoms with Gasteiger partial charge in [-0.25, -0.2) is 28.3 Å². The quantitative estimate of drug-likeness (QED) is 0.383. The summed E-state index contributed by atoms with van der Waals surface area (Å²) in [7, 11) is -2.10. The molecule has 0 aliphatic carbocycles. The van der Waals surface area contributed by atoms with Gasteiger partial charge in [-0.05, 0) is 12.8 Å². The molecule has 0 aromatic carbocycles. The van der Waals surface area contributed by atoms with Crippen molar-refractivity contribution in [3.05, 3.63) is 26.7 Å². The zero-order valence-corrected chi connectivity index (χ0v) is 17.6. The van der Waals surface area contributed by atoms with E-state index in [0.717, 1.165) is 4.57 Å². The summed E-state index contributed by atoms with van der Waals surface area (Å²) in [5.41, 5.74) is -0.530. The van der Waals surface area contributed by atoms with Crippen molar-refractivity contribution in [3.8, 4) is 0 Å². The number of hydrogen-bond donors (Lipinski definition) is 1. The standard InChI is InChI=1S/C16H25N5O4S2/c1-5-7-21-13-11(15(22)20(4)16(21)23)14(19-12(18-13)10(2)3)26-8-6-9-27(17,24)25/h10H,5-9H2,1-4H3,(H2,17,24,25). The third-order valence-corrected chi connectivity index (χ3v) is 5.86. The predicted molar refractivity (Wildman–Crippen MR) is 107 cm³/mol. The highest BCUT2D eigenvalue weighted by Crippen LogP contribution is 2.25. The van der Waals surface area contributed by atoms with Crippen molar-refractivity contribution >= 4 is 32.8 Å². The number of thioether (sulfide) groups is 1. The predicted octanol–water partition coefficient (Wildman–Crippen LogP) is 0.794. The second kappa shape index (κ2) is 8.53. The summed E-state index contributed by atoms with van der Waals surface area (Å²) < 4.78 is 24.8. The van der Waals surface area contributed by atoms with E-state index < -0.39 is 21.3 Å². The van der Waals surface area contributed by atoms with Crippen molar-refractivity contribution in [2.45, 2.75) is 51.1 Å². The SMILES string of the molecule is CCCn1c(=O)n(C)c(=O)c2c(SCCCS(N)(=O)=O)nc(C(C)C)nc21. The van der Waals surface area contributed by atoms with E-state index in [4.69, 9.17) is 5.14 Å². The van der Waals surface area contributed by atoms with Crippen molar-refractivity contribution < 1.29 is 8.42 Å². The van der Waals surface area contributed by atoms with Crippen molar-refractivity contribution in [2.75, 3.05) is 11.5 Å². The van der Waals surface area contributed by atoms with Crippen LogP contribution in [0.3, 0.4) is 0 Å². The van der Waals surface area contributed by atoms with Gasteiger partial charge in [0.05, 0.1) is 5.75 Å². The molecule has 0 unspecified atom stereocenters. The van der Waals surface area contributed by atoms with Gasteiger partial charge in [0, 0.05) is 25.3 Å². The summed E-state index contributed by atoms with van der Waals surface area (Å²) in [6.07, 6.45) is 1.05. The second-order valence-corrected chi connectivity index (χ2v) is 9.43. The molecule has 2 N–H and O–H groups in total. The Hall–Kier alpha value is -1.72. The Morgan fingerprint density at radius 2 is 1.89 bits per heavy atom. The Labute approximate surface area is 162 Å². The molecule has 0 aliphatic heterocycles. The first-order chi connectivity index (χ1) is 12.6. The minimum Gasteiger partial charge on any atom is -0.277 e. The van der Waals surface area contributed by atoms with Crippen LogP contribution in [0.15, 0.2) is 14.6 Å². The van der Waals surface area contributed by atoms with E-state index in [2.05, 4.69) is 9.97 Å². The Morgan fingerprint density at radius 3 is 2.44 bits per heavy atom. The number of hydrogen-bond acceptors (Lipinski definition) is 7. The van der Waals surface area contributed by atoms with Crippen LogP contribution in [0.5, 0.6) is 0 Å². The van der Waals surface area contributed by atoms with Crippen LogP contribution in [0.1, 0.15) is 45.4 Å². The molecule has 0 bridgehead atoms. The lowest BCUT2D eigenvalue weighted by Crippen LogP contribution is -2.39. The number of aromatic nitrogens is 4. The first-order valence-electron chi connectivity index (χ1n) is 8.71. The fraction of sp³-hybridized carbons (Fsp3) is 0.625. The molecule has 0 fully saturated rings. The van der Waals surface area contributed by atoms with Crippen LogP contribution in [0.25, 0.3) is 11.0 Å². The smallest absolute Gasteiger partial charge is 0.277 e. The minimum atomic E-state index is -3.53. The average Bonchev–Trinajstić information content (AvgIpc) is 2.58. The van der Waals surface area contributed by atoms with Gasteiger partial charge < -0.3 is 0 Å².